The summed E-state index contributed by atoms with van der Waals surface area (Å²) >= 11 is 0. The second-order valence-electron chi connectivity index (χ2n) is 3.65. The van der Waals surface area contributed by atoms with Gasteiger partial charge in [-0.25, -0.2) is 0 Å². The number of nitrogens with zero attached hydrogens (tertiary/aromatic N) is 2. The molecule has 0 aliphatic carbocycles. The van der Waals surface area contributed by atoms with E-state index in [0.29, 0.717) is 6.54 Å². The molecule has 0 saturated carbocycles. The molecule has 0 bridgehead atoms. The van der Waals surface area contributed by atoms with Gasteiger partial charge in [0.05, 0.1) is 0 Å². The number of aromatic hydroxyl groups is 1. The molecule has 1 aromatic rings. The summed E-state index contributed by atoms with van der Waals surface area (Å²) in [4.78, 5) is 13.5. The molecule has 0 unspecified atom stereocenters. The van der Waals surface area contributed by atoms with Crippen molar-refractivity contribution in [2.75, 3.05) is 20.6 Å². The van der Waals surface area contributed by atoms with E-state index in [-0.39, 0.29) is 11.3 Å². The monoisotopic (exact) mass is 196 g/mol. The third-order valence-corrected chi connectivity index (χ3v) is 2.09. The predicted molar refractivity (Wildman–Crippen MR) is 55.7 cm³/mol. The number of aryl methyl sites for hydroxylation is 1. The highest BCUT2D eigenvalue weighted by Gasteiger charge is 2.02. The highest BCUT2D eigenvalue weighted by Crippen LogP contribution is 2.06. The highest BCUT2D eigenvalue weighted by molar-refractivity contribution is 5.21. The molecule has 0 aromatic carbocycles. The first kappa shape index (κ1) is 10.8. The Kier molecular flexibility index (Phi) is 3.30. The normalized spacial score (nSPS) is 10.9. The number of hydrogen-bond acceptors (Lipinski definition) is 3. The molecule has 14 heavy (non-hydrogen) atoms. The van der Waals surface area contributed by atoms with Crippen molar-refractivity contribution in [1.82, 2.24) is 9.47 Å². The summed E-state index contributed by atoms with van der Waals surface area (Å²) in [5, 5.41) is 9.17. The van der Waals surface area contributed by atoms with Crippen LogP contribution in [0.2, 0.25) is 0 Å². The topological polar surface area (TPSA) is 45.5 Å². The van der Waals surface area contributed by atoms with Gasteiger partial charge in [0.1, 0.15) is 5.75 Å². The molecule has 0 spiro atoms. The molecule has 0 radical (unpaired) electrons. The van der Waals surface area contributed by atoms with Crippen LogP contribution in [0.1, 0.15) is 5.69 Å². The first-order chi connectivity index (χ1) is 6.50. The molecule has 0 aliphatic rings. The molecule has 4 nitrogen and oxygen atoms in total. The van der Waals surface area contributed by atoms with Crippen LogP contribution in [0.4, 0.5) is 0 Å². The summed E-state index contributed by atoms with van der Waals surface area (Å²) < 4.78 is 1.65. The quantitative estimate of drug-likeness (QED) is 0.762. The first-order valence-electron chi connectivity index (χ1n) is 4.56. The van der Waals surface area contributed by atoms with Gasteiger partial charge in [-0.1, -0.05) is 0 Å². The fraction of sp³-hybridized carbons (Fsp3) is 0.500. The highest BCUT2D eigenvalue weighted by atomic mass is 16.3. The summed E-state index contributed by atoms with van der Waals surface area (Å²) in [5.74, 6) is 0.0357. The molecule has 1 N–H and O–H groups in total. The molecule has 0 atom stereocenters. The lowest BCUT2D eigenvalue weighted by Gasteiger charge is -2.13. The van der Waals surface area contributed by atoms with Crippen molar-refractivity contribution in [3.63, 3.8) is 0 Å². The largest absolute Gasteiger partial charge is 0.508 e. The van der Waals surface area contributed by atoms with Gasteiger partial charge in [-0.15, -0.1) is 0 Å². The maximum Gasteiger partial charge on any atom is 0.254 e. The van der Waals surface area contributed by atoms with Crippen LogP contribution in [0.15, 0.2) is 16.9 Å². The van der Waals surface area contributed by atoms with Crippen molar-refractivity contribution in [3.8, 4) is 5.75 Å². The third-order valence-electron chi connectivity index (χ3n) is 2.09. The number of likely N-dealkylation sites (N-methyl/N-ethyl adjacent to an activating group) is 1. The maximum absolute atomic E-state index is 11.5. The van der Waals surface area contributed by atoms with E-state index in [1.165, 1.54) is 6.07 Å². The van der Waals surface area contributed by atoms with Gasteiger partial charge in [-0.3, -0.25) is 4.79 Å². The van der Waals surface area contributed by atoms with E-state index in [1.807, 2.05) is 25.9 Å². The molecule has 1 heterocycles. The maximum atomic E-state index is 11.5. The summed E-state index contributed by atoms with van der Waals surface area (Å²) in [6, 6.07) is 2.83. The molecule has 0 saturated heterocycles. The molecule has 0 aliphatic heterocycles. The van der Waals surface area contributed by atoms with E-state index in [9.17, 15) is 9.90 Å². The molecule has 1 aromatic heterocycles. The van der Waals surface area contributed by atoms with E-state index in [4.69, 9.17) is 0 Å². The van der Waals surface area contributed by atoms with Crippen molar-refractivity contribution < 1.29 is 5.11 Å². The smallest absolute Gasteiger partial charge is 0.254 e. The number of pyridine rings is 1. The van der Waals surface area contributed by atoms with E-state index in [1.54, 1.807) is 10.6 Å². The van der Waals surface area contributed by atoms with Gasteiger partial charge in [-0.05, 0) is 27.1 Å². The van der Waals surface area contributed by atoms with E-state index >= 15 is 0 Å². The van der Waals surface area contributed by atoms with Crippen LogP contribution in [-0.2, 0) is 6.54 Å². The molecular weight excluding hydrogens is 180 g/mol. The SMILES string of the molecule is Cc1cc(O)cc(=O)n1CCN(C)C. The number of rotatable bonds is 3. The Labute approximate surface area is 83.4 Å². The average molecular weight is 196 g/mol. The summed E-state index contributed by atoms with van der Waals surface area (Å²) in [6.45, 7) is 3.28. The average Bonchev–Trinajstić information content (AvgIpc) is 2.01. The minimum atomic E-state index is -0.149. The fourth-order valence-corrected chi connectivity index (χ4v) is 1.30. The van der Waals surface area contributed by atoms with Crippen molar-refractivity contribution in [2.24, 2.45) is 0 Å². The molecule has 0 fully saturated rings. The molecule has 78 valence electrons. The Bertz CT molecular complexity index is 369. The predicted octanol–water partition coefficient (Wildman–Crippen LogP) is 0.424. The number of aromatic nitrogens is 1. The zero-order chi connectivity index (χ0) is 10.7. The Hall–Kier alpha value is -1.29. The van der Waals surface area contributed by atoms with E-state index < -0.39 is 0 Å². The van der Waals surface area contributed by atoms with E-state index in [2.05, 4.69) is 0 Å². The second kappa shape index (κ2) is 4.28. The van der Waals surface area contributed by atoms with Crippen LogP contribution in [0, 0.1) is 6.92 Å². The Morgan fingerprint density at radius 1 is 1.43 bits per heavy atom. The summed E-state index contributed by atoms with van der Waals surface area (Å²) in [6.07, 6.45) is 0. The Morgan fingerprint density at radius 3 is 2.57 bits per heavy atom. The van der Waals surface area contributed by atoms with Crippen LogP contribution in [-0.4, -0.2) is 35.2 Å². The van der Waals surface area contributed by atoms with Gasteiger partial charge in [0, 0.05) is 24.8 Å². The Morgan fingerprint density at radius 2 is 2.07 bits per heavy atom. The van der Waals surface area contributed by atoms with Crippen LogP contribution in [0.25, 0.3) is 0 Å². The standard InChI is InChI=1S/C10H16N2O2/c1-8-6-9(13)7-10(14)12(8)5-4-11(2)3/h6-7,13H,4-5H2,1-3H3. The van der Waals surface area contributed by atoms with Gasteiger partial charge in [-0.2, -0.15) is 0 Å². The zero-order valence-corrected chi connectivity index (χ0v) is 8.82. The van der Waals surface area contributed by atoms with Gasteiger partial charge in [0.2, 0.25) is 0 Å². The third kappa shape index (κ3) is 2.60. The molecule has 0 amide bonds. The lowest BCUT2D eigenvalue weighted by atomic mass is 10.3. The molecular formula is C10H16N2O2. The van der Waals surface area contributed by atoms with Crippen LogP contribution in [0.3, 0.4) is 0 Å². The lowest BCUT2D eigenvalue weighted by Crippen LogP contribution is -2.27. The zero-order valence-electron chi connectivity index (χ0n) is 8.82. The van der Waals surface area contributed by atoms with Crippen molar-refractivity contribution in [1.29, 1.82) is 0 Å². The summed E-state index contributed by atoms with van der Waals surface area (Å²) in [7, 11) is 3.92. The van der Waals surface area contributed by atoms with Gasteiger partial charge in [0.15, 0.2) is 0 Å². The molecule has 4 heteroatoms. The van der Waals surface area contributed by atoms with Gasteiger partial charge < -0.3 is 14.6 Å². The minimum absolute atomic E-state index is 0.0357. The fourth-order valence-electron chi connectivity index (χ4n) is 1.30. The summed E-state index contributed by atoms with van der Waals surface area (Å²) in [5.41, 5.74) is 0.640. The van der Waals surface area contributed by atoms with E-state index in [0.717, 1.165) is 12.2 Å². The minimum Gasteiger partial charge on any atom is -0.508 e. The molecule has 1 rings (SSSR count). The van der Waals surface area contributed by atoms with Gasteiger partial charge >= 0.3 is 0 Å². The Balaban J connectivity index is 2.92. The number of hydrogen-bond donors (Lipinski definition) is 1. The van der Waals surface area contributed by atoms with Crippen LogP contribution in [0.5, 0.6) is 5.75 Å². The first-order valence-corrected chi connectivity index (χ1v) is 4.56. The lowest BCUT2D eigenvalue weighted by molar-refractivity contribution is 0.377. The second-order valence-corrected chi connectivity index (χ2v) is 3.65. The van der Waals surface area contributed by atoms with Crippen molar-refractivity contribution in [3.05, 3.63) is 28.2 Å². The van der Waals surface area contributed by atoms with Crippen molar-refractivity contribution in [2.45, 2.75) is 13.5 Å². The van der Waals surface area contributed by atoms with Crippen LogP contribution >= 0.6 is 0 Å². The van der Waals surface area contributed by atoms with Crippen molar-refractivity contribution >= 4 is 0 Å². The van der Waals surface area contributed by atoms with Crippen LogP contribution < -0.4 is 5.56 Å². The van der Waals surface area contributed by atoms with Gasteiger partial charge in [0.25, 0.3) is 5.56 Å².